The van der Waals surface area contributed by atoms with Crippen LogP contribution in [0.3, 0.4) is 0 Å². The second-order valence-corrected chi connectivity index (χ2v) is 2.68. The van der Waals surface area contributed by atoms with E-state index in [1.807, 2.05) is 39.1 Å². The highest BCUT2D eigenvalue weighted by atomic mass is 14.8. The summed E-state index contributed by atoms with van der Waals surface area (Å²) in [5, 5.41) is 9.71. The average Bonchev–Trinajstić information content (AvgIpc) is 2.69. The molecule has 0 aliphatic rings. The number of aromatic amines is 1. The van der Waals surface area contributed by atoms with E-state index in [-0.39, 0.29) is 0 Å². The lowest BCUT2D eigenvalue weighted by Gasteiger charge is -1.94. The molecule has 2 heterocycles. The minimum atomic E-state index is 0.461. The van der Waals surface area contributed by atoms with Gasteiger partial charge < -0.3 is 4.98 Å². The number of fused-ring (bicyclic) bond motifs is 1. The molecule has 0 atom stereocenters. The highest BCUT2D eigenvalue weighted by molar-refractivity contribution is 5.79. The van der Waals surface area contributed by atoms with Gasteiger partial charge in [-0.25, -0.2) is 4.98 Å². The maximum absolute atomic E-state index is 8.63. The van der Waals surface area contributed by atoms with Crippen LogP contribution >= 0.6 is 0 Å². The van der Waals surface area contributed by atoms with Gasteiger partial charge in [0.25, 0.3) is 0 Å². The molecule has 2 aromatic heterocycles. The van der Waals surface area contributed by atoms with Gasteiger partial charge in [0.15, 0.2) is 0 Å². The van der Waals surface area contributed by atoms with Crippen LogP contribution in [0.1, 0.15) is 25.1 Å². The van der Waals surface area contributed by atoms with Gasteiger partial charge in [-0.3, -0.25) is 0 Å². The number of H-pyrrole nitrogens is 1. The number of nitriles is 1. The van der Waals surface area contributed by atoms with E-state index < -0.39 is 0 Å². The fraction of sp³-hybridized carbons (Fsp3) is 0.273. The molecular weight excluding hydrogens is 174 g/mol. The second-order valence-electron chi connectivity index (χ2n) is 2.68. The van der Waals surface area contributed by atoms with Gasteiger partial charge in [0, 0.05) is 11.6 Å². The first kappa shape index (κ1) is 10.3. The molecule has 0 radical (unpaired) electrons. The Labute approximate surface area is 83.4 Å². The van der Waals surface area contributed by atoms with Gasteiger partial charge in [0.1, 0.15) is 17.4 Å². The van der Waals surface area contributed by atoms with Crippen molar-refractivity contribution in [1.82, 2.24) is 9.97 Å². The van der Waals surface area contributed by atoms with E-state index in [9.17, 15) is 0 Å². The molecule has 0 saturated heterocycles. The molecule has 0 aromatic carbocycles. The SMILES string of the molecule is CC.Cc1cc(C#N)nc2[nH]ccc12. The normalized spacial score (nSPS) is 9.00. The number of hydrogen-bond acceptors (Lipinski definition) is 2. The number of aryl methyl sites for hydroxylation is 1. The van der Waals surface area contributed by atoms with Crippen LogP contribution in [-0.4, -0.2) is 9.97 Å². The Bertz CT molecular complexity index is 463. The standard InChI is InChI=1S/C9H7N3.C2H6/c1-6-4-7(5-10)12-9-8(6)2-3-11-9;1-2/h2-4H,1H3,(H,11,12);1-2H3. The molecule has 0 spiro atoms. The molecule has 0 bridgehead atoms. The van der Waals surface area contributed by atoms with Crippen LogP contribution in [0.15, 0.2) is 18.3 Å². The minimum Gasteiger partial charge on any atom is -0.346 e. The molecule has 2 aromatic rings. The van der Waals surface area contributed by atoms with Crippen LogP contribution < -0.4 is 0 Å². The zero-order valence-corrected chi connectivity index (χ0v) is 8.63. The van der Waals surface area contributed by atoms with E-state index >= 15 is 0 Å². The lowest BCUT2D eigenvalue weighted by Crippen LogP contribution is -1.85. The predicted molar refractivity (Wildman–Crippen MR) is 56.9 cm³/mol. The summed E-state index contributed by atoms with van der Waals surface area (Å²) in [5.41, 5.74) is 2.33. The third-order valence-corrected chi connectivity index (χ3v) is 1.85. The summed E-state index contributed by atoms with van der Waals surface area (Å²) in [6.07, 6.45) is 1.83. The van der Waals surface area contributed by atoms with Gasteiger partial charge in [0.05, 0.1) is 0 Å². The number of rotatable bonds is 0. The van der Waals surface area contributed by atoms with Gasteiger partial charge >= 0.3 is 0 Å². The topological polar surface area (TPSA) is 52.5 Å². The molecule has 14 heavy (non-hydrogen) atoms. The van der Waals surface area contributed by atoms with Gasteiger partial charge in [-0.05, 0) is 24.6 Å². The first-order valence-corrected chi connectivity index (χ1v) is 4.66. The first-order chi connectivity index (χ1) is 6.81. The lowest BCUT2D eigenvalue weighted by molar-refractivity contribution is 1.26. The number of aromatic nitrogens is 2. The summed E-state index contributed by atoms with van der Waals surface area (Å²) < 4.78 is 0. The molecule has 2 rings (SSSR count). The molecule has 3 heteroatoms. The van der Waals surface area contributed by atoms with E-state index in [0.29, 0.717) is 5.69 Å². The van der Waals surface area contributed by atoms with Crippen molar-refractivity contribution >= 4 is 11.0 Å². The zero-order chi connectivity index (χ0) is 10.6. The molecular formula is C11H13N3. The second kappa shape index (κ2) is 4.43. The molecule has 1 N–H and O–H groups in total. The van der Waals surface area contributed by atoms with Gasteiger partial charge in [0.2, 0.25) is 0 Å². The van der Waals surface area contributed by atoms with Gasteiger partial charge in [-0.1, -0.05) is 13.8 Å². The van der Waals surface area contributed by atoms with E-state index in [4.69, 9.17) is 5.26 Å². The Hall–Kier alpha value is -1.82. The average molecular weight is 187 g/mol. The van der Waals surface area contributed by atoms with Crippen molar-refractivity contribution < 1.29 is 0 Å². The third kappa shape index (κ3) is 1.74. The zero-order valence-electron chi connectivity index (χ0n) is 8.63. The lowest BCUT2D eigenvalue weighted by atomic mass is 10.2. The Morgan fingerprint density at radius 1 is 1.43 bits per heavy atom. The van der Waals surface area contributed by atoms with Crippen LogP contribution in [0.25, 0.3) is 11.0 Å². The highest BCUT2D eigenvalue weighted by Gasteiger charge is 2.01. The van der Waals surface area contributed by atoms with Gasteiger partial charge in [-0.2, -0.15) is 5.26 Å². The Balaban J connectivity index is 0.000000461. The Morgan fingerprint density at radius 3 is 2.79 bits per heavy atom. The fourth-order valence-corrected chi connectivity index (χ4v) is 1.26. The summed E-state index contributed by atoms with van der Waals surface area (Å²) in [4.78, 5) is 7.07. The molecule has 0 unspecified atom stereocenters. The van der Waals surface area contributed by atoms with Crippen molar-refractivity contribution in [3.05, 3.63) is 29.6 Å². The van der Waals surface area contributed by atoms with Gasteiger partial charge in [-0.15, -0.1) is 0 Å². The Kier molecular flexibility index (Phi) is 3.24. The van der Waals surface area contributed by atoms with Crippen molar-refractivity contribution in [1.29, 1.82) is 5.26 Å². The summed E-state index contributed by atoms with van der Waals surface area (Å²) >= 11 is 0. The van der Waals surface area contributed by atoms with Crippen molar-refractivity contribution in [3.8, 4) is 6.07 Å². The minimum absolute atomic E-state index is 0.461. The summed E-state index contributed by atoms with van der Waals surface area (Å²) in [7, 11) is 0. The first-order valence-electron chi connectivity index (χ1n) is 4.66. The molecule has 0 aliphatic carbocycles. The van der Waals surface area contributed by atoms with E-state index in [0.717, 1.165) is 16.6 Å². The smallest absolute Gasteiger partial charge is 0.143 e. The number of hydrogen-bond donors (Lipinski definition) is 1. The van der Waals surface area contributed by atoms with Crippen LogP contribution in [0.5, 0.6) is 0 Å². The highest BCUT2D eigenvalue weighted by Crippen LogP contribution is 2.15. The van der Waals surface area contributed by atoms with Crippen LogP contribution in [0, 0.1) is 18.3 Å². The molecule has 3 nitrogen and oxygen atoms in total. The molecule has 0 amide bonds. The molecule has 0 saturated carbocycles. The van der Waals surface area contributed by atoms with Crippen LogP contribution in [-0.2, 0) is 0 Å². The summed E-state index contributed by atoms with van der Waals surface area (Å²) in [5.74, 6) is 0. The number of pyridine rings is 1. The van der Waals surface area contributed by atoms with Crippen molar-refractivity contribution in [2.75, 3.05) is 0 Å². The molecule has 0 fully saturated rings. The van der Waals surface area contributed by atoms with E-state index in [2.05, 4.69) is 9.97 Å². The van der Waals surface area contributed by atoms with Crippen molar-refractivity contribution in [2.45, 2.75) is 20.8 Å². The van der Waals surface area contributed by atoms with Crippen molar-refractivity contribution in [3.63, 3.8) is 0 Å². The number of nitrogens with one attached hydrogen (secondary N) is 1. The fourth-order valence-electron chi connectivity index (χ4n) is 1.26. The quantitative estimate of drug-likeness (QED) is 0.689. The third-order valence-electron chi connectivity index (χ3n) is 1.85. The Morgan fingerprint density at radius 2 is 2.14 bits per heavy atom. The van der Waals surface area contributed by atoms with E-state index in [1.165, 1.54) is 0 Å². The number of nitrogens with zero attached hydrogens (tertiary/aromatic N) is 2. The largest absolute Gasteiger partial charge is 0.346 e. The predicted octanol–water partition coefficient (Wildman–Crippen LogP) is 2.77. The molecule has 0 aliphatic heterocycles. The monoisotopic (exact) mass is 187 g/mol. The van der Waals surface area contributed by atoms with Crippen molar-refractivity contribution in [2.24, 2.45) is 0 Å². The summed E-state index contributed by atoms with van der Waals surface area (Å²) in [6, 6.07) is 5.76. The van der Waals surface area contributed by atoms with Crippen LogP contribution in [0.4, 0.5) is 0 Å². The summed E-state index contributed by atoms with van der Waals surface area (Å²) in [6.45, 7) is 5.97. The molecule has 72 valence electrons. The van der Waals surface area contributed by atoms with E-state index in [1.54, 1.807) is 6.07 Å². The maximum Gasteiger partial charge on any atom is 0.143 e. The van der Waals surface area contributed by atoms with Crippen LogP contribution in [0.2, 0.25) is 0 Å². The maximum atomic E-state index is 8.63.